The molecule has 10 heteroatoms. The van der Waals surface area contributed by atoms with Gasteiger partial charge in [-0.25, -0.2) is 9.31 Å². The summed E-state index contributed by atoms with van der Waals surface area (Å²) in [6, 6.07) is 5.15. The molecule has 2 aliphatic rings. The number of fused-ring (bicyclic) bond motifs is 1. The predicted molar refractivity (Wildman–Crippen MR) is 101 cm³/mol. The highest BCUT2D eigenvalue weighted by molar-refractivity contribution is 5.81. The Morgan fingerprint density at radius 2 is 2.29 bits per heavy atom. The van der Waals surface area contributed by atoms with E-state index < -0.39 is 18.1 Å². The fourth-order valence-electron chi connectivity index (χ4n) is 3.66. The van der Waals surface area contributed by atoms with Crippen LogP contribution in [0.2, 0.25) is 0 Å². The van der Waals surface area contributed by atoms with Crippen molar-refractivity contribution >= 4 is 29.1 Å². The van der Waals surface area contributed by atoms with Crippen molar-refractivity contribution < 1.29 is 14.6 Å². The molecule has 1 aliphatic heterocycles. The zero-order chi connectivity index (χ0) is 19.3. The maximum Gasteiger partial charge on any atom is 0.328 e. The molecule has 0 radical (unpaired) electrons. The fraction of sp³-hybridized carbons (Fsp3) is 0.444. The lowest BCUT2D eigenvalue weighted by atomic mass is 10.2. The molecule has 2 fully saturated rings. The van der Waals surface area contributed by atoms with Gasteiger partial charge in [0.05, 0.1) is 13.2 Å². The summed E-state index contributed by atoms with van der Waals surface area (Å²) in [5, 5.41) is 25.2. The van der Waals surface area contributed by atoms with E-state index in [4.69, 9.17) is 4.74 Å². The van der Waals surface area contributed by atoms with Gasteiger partial charge in [0, 0.05) is 36.8 Å². The Morgan fingerprint density at radius 1 is 1.43 bits per heavy atom. The van der Waals surface area contributed by atoms with Crippen LogP contribution in [0, 0.1) is 0 Å². The molecule has 0 unspecified atom stereocenters. The lowest BCUT2D eigenvalue weighted by Crippen LogP contribution is -2.38. The number of aromatic nitrogens is 5. The van der Waals surface area contributed by atoms with Gasteiger partial charge in [0.2, 0.25) is 5.95 Å². The zero-order valence-electron chi connectivity index (χ0n) is 15.4. The zero-order valence-corrected chi connectivity index (χ0v) is 15.4. The van der Waals surface area contributed by atoms with Crippen molar-refractivity contribution in [2.75, 3.05) is 23.9 Å². The molecule has 3 aromatic rings. The van der Waals surface area contributed by atoms with Crippen molar-refractivity contribution in [2.24, 2.45) is 0 Å². The molecule has 0 aromatic carbocycles. The Kier molecular flexibility index (Phi) is 3.93. The van der Waals surface area contributed by atoms with Gasteiger partial charge in [-0.1, -0.05) is 0 Å². The number of anilines is 3. The lowest BCUT2D eigenvalue weighted by Gasteiger charge is -2.22. The molecular weight excluding hydrogens is 362 g/mol. The summed E-state index contributed by atoms with van der Waals surface area (Å²) in [4.78, 5) is 18.5. The third-order valence-electron chi connectivity index (χ3n) is 5.25. The quantitative estimate of drug-likeness (QED) is 0.562. The Bertz CT molecular complexity index is 1030. The number of hydrogen-bond donors (Lipinski definition) is 3. The second kappa shape index (κ2) is 6.48. The number of esters is 1. The maximum atomic E-state index is 12.1. The number of carbonyl (C=O) groups is 1. The first-order valence-corrected chi connectivity index (χ1v) is 9.32. The highest BCUT2D eigenvalue weighted by Gasteiger charge is 2.39. The minimum atomic E-state index is -0.642. The van der Waals surface area contributed by atoms with E-state index in [0.29, 0.717) is 23.5 Å². The van der Waals surface area contributed by atoms with Crippen molar-refractivity contribution in [3.05, 3.63) is 30.1 Å². The number of β-amino-alcohol motifs (C(OH)–C–C–N with tert-alkyl or cyclic N) is 1. The van der Waals surface area contributed by atoms with Crippen LogP contribution in [-0.4, -0.2) is 61.7 Å². The first kappa shape index (κ1) is 17.0. The first-order chi connectivity index (χ1) is 13.6. The van der Waals surface area contributed by atoms with Gasteiger partial charge >= 0.3 is 5.97 Å². The van der Waals surface area contributed by atoms with Crippen LogP contribution in [0.25, 0.3) is 5.52 Å². The smallest absolute Gasteiger partial charge is 0.328 e. The average molecular weight is 383 g/mol. The highest BCUT2D eigenvalue weighted by Crippen LogP contribution is 2.39. The summed E-state index contributed by atoms with van der Waals surface area (Å²) in [5.74, 6) is 1.76. The molecule has 0 amide bonds. The number of rotatable bonds is 5. The van der Waals surface area contributed by atoms with E-state index in [9.17, 15) is 9.90 Å². The molecule has 2 atom stereocenters. The maximum absolute atomic E-state index is 12.1. The van der Waals surface area contributed by atoms with Gasteiger partial charge in [0.25, 0.3) is 0 Å². The molecule has 1 saturated heterocycles. The summed E-state index contributed by atoms with van der Waals surface area (Å²) in [5.41, 5.74) is 1.91. The Hall–Kier alpha value is -3.14. The summed E-state index contributed by atoms with van der Waals surface area (Å²) in [6.45, 7) is 0.264. The largest absolute Gasteiger partial charge is 0.467 e. The van der Waals surface area contributed by atoms with Crippen LogP contribution < -0.4 is 10.2 Å². The monoisotopic (exact) mass is 383 g/mol. The molecule has 3 aromatic heterocycles. The van der Waals surface area contributed by atoms with Gasteiger partial charge in [-0.15, -0.1) is 5.10 Å². The number of nitrogens with one attached hydrogen (secondary N) is 2. The van der Waals surface area contributed by atoms with E-state index in [0.717, 1.165) is 11.2 Å². The van der Waals surface area contributed by atoms with Crippen LogP contribution in [0.1, 0.15) is 30.9 Å². The van der Waals surface area contributed by atoms with Crippen molar-refractivity contribution in [1.29, 1.82) is 0 Å². The van der Waals surface area contributed by atoms with Crippen molar-refractivity contribution in [2.45, 2.75) is 37.3 Å². The summed E-state index contributed by atoms with van der Waals surface area (Å²) < 4.78 is 6.57. The van der Waals surface area contributed by atoms with Crippen molar-refractivity contribution in [1.82, 2.24) is 24.8 Å². The van der Waals surface area contributed by atoms with Crippen molar-refractivity contribution in [3.8, 4) is 0 Å². The van der Waals surface area contributed by atoms with Crippen molar-refractivity contribution in [3.63, 3.8) is 0 Å². The van der Waals surface area contributed by atoms with E-state index in [2.05, 4.69) is 25.6 Å². The number of hydrogen-bond acceptors (Lipinski definition) is 8. The normalized spacial score (nSPS) is 22.0. The molecule has 28 heavy (non-hydrogen) atoms. The van der Waals surface area contributed by atoms with E-state index >= 15 is 0 Å². The molecule has 5 rings (SSSR count). The lowest BCUT2D eigenvalue weighted by molar-refractivity contribution is -0.142. The molecule has 4 heterocycles. The molecular formula is C18H21N7O3. The minimum Gasteiger partial charge on any atom is -0.467 e. The minimum absolute atomic E-state index is 0.264. The van der Waals surface area contributed by atoms with Crippen LogP contribution in [0.3, 0.4) is 0 Å². The van der Waals surface area contributed by atoms with E-state index in [1.54, 1.807) is 9.42 Å². The predicted octanol–water partition coefficient (Wildman–Crippen LogP) is 1.19. The summed E-state index contributed by atoms with van der Waals surface area (Å²) >= 11 is 0. The second-order valence-corrected chi connectivity index (χ2v) is 7.29. The number of H-pyrrole nitrogens is 1. The van der Waals surface area contributed by atoms with Gasteiger partial charge < -0.3 is 20.1 Å². The topological polar surface area (TPSA) is 121 Å². The average Bonchev–Trinajstić information content (AvgIpc) is 3.07. The van der Waals surface area contributed by atoms with E-state index in [1.807, 2.05) is 24.4 Å². The molecule has 10 nitrogen and oxygen atoms in total. The van der Waals surface area contributed by atoms with E-state index in [1.165, 1.54) is 20.0 Å². The third-order valence-corrected chi connectivity index (χ3v) is 5.25. The van der Waals surface area contributed by atoms with Crippen LogP contribution >= 0.6 is 0 Å². The number of carbonyl (C=O) groups excluding carboxylic acids is 1. The van der Waals surface area contributed by atoms with Crippen LogP contribution in [-0.2, 0) is 9.53 Å². The third kappa shape index (κ3) is 2.95. The summed E-state index contributed by atoms with van der Waals surface area (Å²) in [6.07, 6.45) is 3.83. The van der Waals surface area contributed by atoms with Gasteiger partial charge in [-0.05, 0) is 25.0 Å². The SMILES string of the molecule is COC(=O)[C@@H]1C[C@@H](O)CN1c1nc(Nc2cc(C3CC3)[nH]n2)c2cccn2n1. The van der Waals surface area contributed by atoms with Gasteiger partial charge in [0.1, 0.15) is 11.6 Å². The molecule has 146 valence electrons. The molecule has 0 bridgehead atoms. The van der Waals surface area contributed by atoms with Gasteiger partial charge in [-0.2, -0.15) is 10.1 Å². The number of methoxy groups -OCH3 is 1. The summed E-state index contributed by atoms with van der Waals surface area (Å²) in [7, 11) is 1.34. The Labute approximate surface area is 160 Å². The number of aliphatic hydroxyl groups is 1. The molecule has 1 saturated carbocycles. The fourth-order valence-corrected chi connectivity index (χ4v) is 3.66. The van der Waals surface area contributed by atoms with E-state index in [-0.39, 0.29) is 13.0 Å². The first-order valence-electron chi connectivity index (χ1n) is 9.32. The van der Waals surface area contributed by atoms with Crippen LogP contribution in [0.5, 0.6) is 0 Å². The molecule has 3 N–H and O–H groups in total. The van der Waals surface area contributed by atoms with Crippen LogP contribution in [0.15, 0.2) is 24.4 Å². The number of aromatic amines is 1. The molecule has 1 aliphatic carbocycles. The highest BCUT2D eigenvalue weighted by atomic mass is 16.5. The number of aliphatic hydroxyl groups excluding tert-OH is 1. The van der Waals surface area contributed by atoms with Gasteiger partial charge in [-0.3, -0.25) is 5.10 Å². The number of ether oxygens (including phenoxy) is 1. The second-order valence-electron chi connectivity index (χ2n) is 7.29. The number of nitrogens with zero attached hydrogens (tertiary/aromatic N) is 5. The van der Waals surface area contributed by atoms with Crippen LogP contribution in [0.4, 0.5) is 17.6 Å². The van der Waals surface area contributed by atoms with Gasteiger partial charge in [0.15, 0.2) is 11.6 Å². The Balaban J connectivity index is 1.50. The molecule has 0 spiro atoms. The Morgan fingerprint density at radius 3 is 3.07 bits per heavy atom. The standard InChI is InChI=1S/C18H21N7O3/c1-28-17(27)14-7-11(26)9-24(14)18-20-16(13-3-2-6-25(13)23-18)19-15-8-12(21-22-15)10-4-5-10/h2-3,6,8,10-11,14,26H,4-5,7,9H2,1H3,(H2,19,20,21,22,23)/t11-,14+/m1/s1.